The van der Waals surface area contributed by atoms with E-state index < -0.39 is 12.1 Å². The van der Waals surface area contributed by atoms with Gasteiger partial charge in [0.2, 0.25) is 0 Å². The monoisotopic (exact) mass is 289 g/mol. The molecule has 2 rings (SSSR count). The first kappa shape index (κ1) is 15.0. The molecule has 1 fully saturated rings. The zero-order chi connectivity index (χ0) is 14.8. The molecule has 0 aliphatic carbocycles. The van der Waals surface area contributed by atoms with Crippen LogP contribution in [0.15, 0.2) is 18.2 Å². The van der Waals surface area contributed by atoms with Crippen molar-refractivity contribution in [3.63, 3.8) is 0 Å². The summed E-state index contributed by atoms with van der Waals surface area (Å²) >= 11 is 0. The van der Waals surface area contributed by atoms with E-state index in [0.29, 0.717) is 23.6 Å². The topological polar surface area (TPSA) is 30.5 Å². The fourth-order valence-electron chi connectivity index (χ4n) is 2.64. The van der Waals surface area contributed by atoms with Crippen molar-refractivity contribution in [3.05, 3.63) is 23.8 Å². The minimum atomic E-state index is -4.15. The van der Waals surface area contributed by atoms with E-state index in [1.54, 1.807) is 18.2 Å². The van der Waals surface area contributed by atoms with E-state index in [-0.39, 0.29) is 18.9 Å². The number of methoxy groups -OCH3 is 2. The van der Waals surface area contributed by atoms with Gasteiger partial charge in [0.1, 0.15) is 0 Å². The summed E-state index contributed by atoms with van der Waals surface area (Å²) in [4.78, 5) is 0. The SMILES string of the molecule is COc1cccc(C2CC(C(F)(F)F)CCN2)c1OC. The second kappa shape index (κ2) is 5.91. The summed E-state index contributed by atoms with van der Waals surface area (Å²) in [6.45, 7) is 0.342. The van der Waals surface area contributed by atoms with Gasteiger partial charge in [0.15, 0.2) is 11.5 Å². The quantitative estimate of drug-likeness (QED) is 0.926. The number of nitrogens with one attached hydrogen (secondary N) is 1. The molecular weight excluding hydrogens is 271 g/mol. The number of rotatable bonds is 3. The molecule has 0 radical (unpaired) electrons. The van der Waals surface area contributed by atoms with Gasteiger partial charge in [0, 0.05) is 11.6 Å². The van der Waals surface area contributed by atoms with Crippen molar-refractivity contribution in [2.24, 2.45) is 5.92 Å². The maximum atomic E-state index is 12.9. The molecular formula is C14H18F3NO2. The Bertz CT molecular complexity index is 462. The van der Waals surface area contributed by atoms with Crippen molar-refractivity contribution < 1.29 is 22.6 Å². The minimum Gasteiger partial charge on any atom is -0.493 e. The van der Waals surface area contributed by atoms with Gasteiger partial charge in [-0.05, 0) is 25.5 Å². The molecule has 0 amide bonds. The van der Waals surface area contributed by atoms with E-state index in [1.807, 2.05) is 0 Å². The summed E-state index contributed by atoms with van der Waals surface area (Å²) in [6, 6.07) is 4.89. The van der Waals surface area contributed by atoms with Crippen LogP contribution in [0, 0.1) is 5.92 Å². The molecule has 1 heterocycles. The Morgan fingerprint density at radius 2 is 1.95 bits per heavy atom. The van der Waals surface area contributed by atoms with Gasteiger partial charge in [-0.3, -0.25) is 0 Å². The van der Waals surface area contributed by atoms with Gasteiger partial charge in [0.05, 0.1) is 20.1 Å². The lowest BCUT2D eigenvalue weighted by Gasteiger charge is -2.32. The molecule has 3 nitrogen and oxygen atoms in total. The number of para-hydroxylation sites is 1. The highest BCUT2D eigenvalue weighted by Crippen LogP contribution is 2.42. The molecule has 1 saturated heterocycles. The van der Waals surface area contributed by atoms with Crippen LogP contribution in [0.3, 0.4) is 0 Å². The molecule has 0 spiro atoms. The molecule has 2 unspecified atom stereocenters. The van der Waals surface area contributed by atoms with Crippen LogP contribution in [-0.4, -0.2) is 26.9 Å². The number of hydrogen-bond donors (Lipinski definition) is 1. The first-order chi connectivity index (χ1) is 9.47. The van der Waals surface area contributed by atoms with Crippen LogP contribution >= 0.6 is 0 Å². The lowest BCUT2D eigenvalue weighted by Crippen LogP contribution is -2.38. The second-order valence-corrected chi connectivity index (χ2v) is 4.85. The Kier molecular flexibility index (Phi) is 4.42. The van der Waals surface area contributed by atoms with Crippen molar-refractivity contribution in [2.75, 3.05) is 20.8 Å². The first-order valence-corrected chi connectivity index (χ1v) is 6.48. The smallest absolute Gasteiger partial charge is 0.391 e. The summed E-state index contributed by atoms with van der Waals surface area (Å²) in [6.07, 6.45) is -4.01. The number of piperidine rings is 1. The highest BCUT2D eigenvalue weighted by molar-refractivity contribution is 5.48. The van der Waals surface area contributed by atoms with Crippen LogP contribution in [0.5, 0.6) is 11.5 Å². The van der Waals surface area contributed by atoms with Crippen molar-refractivity contribution in [3.8, 4) is 11.5 Å². The normalized spacial score (nSPS) is 23.4. The van der Waals surface area contributed by atoms with Crippen LogP contribution in [0.1, 0.15) is 24.4 Å². The van der Waals surface area contributed by atoms with Crippen LogP contribution in [0.2, 0.25) is 0 Å². The van der Waals surface area contributed by atoms with Gasteiger partial charge in [0.25, 0.3) is 0 Å². The number of halogens is 3. The molecule has 1 aromatic carbocycles. The average Bonchev–Trinajstić information content (AvgIpc) is 2.45. The molecule has 1 aliphatic heterocycles. The molecule has 2 atom stereocenters. The van der Waals surface area contributed by atoms with E-state index in [2.05, 4.69) is 5.32 Å². The fourth-order valence-corrected chi connectivity index (χ4v) is 2.64. The van der Waals surface area contributed by atoms with E-state index in [0.717, 1.165) is 0 Å². The molecule has 112 valence electrons. The Balaban J connectivity index is 2.27. The van der Waals surface area contributed by atoms with Gasteiger partial charge in [-0.2, -0.15) is 13.2 Å². The maximum Gasteiger partial charge on any atom is 0.391 e. The standard InChI is InChI=1S/C14H18F3NO2/c1-19-12-5-3-4-10(13(12)20-2)11-8-9(6-7-18-11)14(15,16)17/h3-5,9,11,18H,6-8H2,1-2H3. The van der Waals surface area contributed by atoms with Crippen molar-refractivity contribution in [2.45, 2.75) is 25.1 Å². The van der Waals surface area contributed by atoms with E-state index >= 15 is 0 Å². The number of alkyl halides is 3. The third-order valence-corrected chi connectivity index (χ3v) is 3.68. The number of hydrogen-bond acceptors (Lipinski definition) is 3. The molecule has 0 saturated carbocycles. The van der Waals surface area contributed by atoms with Crippen molar-refractivity contribution >= 4 is 0 Å². The fraction of sp³-hybridized carbons (Fsp3) is 0.571. The summed E-state index contributed by atoms with van der Waals surface area (Å²) < 4.78 is 49.1. The maximum absolute atomic E-state index is 12.9. The van der Waals surface area contributed by atoms with Crippen LogP contribution < -0.4 is 14.8 Å². The third-order valence-electron chi connectivity index (χ3n) is 3.68. The van der Waals surface area contributed by atoms with Crippen LogP contribution in [0.25, 0.3) is 0 Å². The van der Waals surface area contributed by atoms with Gasteiger partial charge in [-0.1, -0.05) is 12.1 Å². The molecule has 1 aromatic rings. The van der Waals surface area contributed by atoms with Gasteiger partial charge >= 0.3 is 6.18 Å². The zero-order valence-corrected chi connectivity index (χ0v) is 11.5. The Morgan fingerprint density at radius 3 is 2.55 bits per heavy atom. The highest BCUT2D eigenvalue weighted by atomic mass is 19.4. The number of ether oxygens (including phenoxy) is 2. The molecule has 20 heavy (non-hydrogen) atoms. The Morgan fingerprint density at radius 1 is 1.20 bits per heavy atom. The minimum absolute atomic E-state index is 0.0209. The molecule has 6 heteroatoms. The molecule has 1 aliphatic rings. The van der Waals surface area contributed by atoms with E-state index in [1.165, 1.54) is 14.2 Å². The molecule has 0 bridgehead atoms. The van der Waals surface area contributed by atoms with Crippen molar-refractivity contribution in [1.29, 1.82) is 0 Å². The van der Waals surface area contributed by atoms with E-state index in [4.69, 9.17) is 9.47 Å². The Hall–Kier alpha value is -1.43. The van der Waals surface area contributed by atoms with E-state index in [9.17, 15) is 13.2 Å². The van der Waals surface area contributed by atoms with Crippen LogP contribution in [-0.2, 0) is 0 Å². The second-order valence-electron chi connectivity index (χ2n) is 4.85. The van der Waals surface area contributed by atoms with Crippen molar-refractivity contribution in [1.82, 2.24) is 5.32 Å². The largest absolute Gasteiger partial charge is 0.493 e. The summed E-state index contributed by atoms with van der Waals surface area (Å²) in [7, 11) is 3.00. The van der Waals surface area contributed by atoms with Gasteiger partial charge < -0.3 is 14.8 Å². The number of benzene rings is 1. The van der Waals surface area contributed by atoms with Gasteiger partial charge in [-0.25, -0.2) is 0 Å². The highest BCUT2D eigenvalue weighted by Gasteiger charge is 2.42. The summed E-state index contributed by atoms with van der Waals surface area (Å²) in [5.41, 5.74) is 0.709. The predicted octanol–water partition coefficient (Wildman–Crippen LogP) is 3.31. The third kappa shape index (κ3) is 3.00. The molecule has 0 aromatic heterocycles. The van der Waals surface area contributed by atoms with Crippen LogP contribution in [0.4, 0.5) is 13.2 Å². The lowest BCUT2D eigenvalue weighted by atomic mass is 9.88. The van der Waals surface area contributed by atoms with Gasteiger partial charge in [-0.15, -0.1) is 0 Å². The summed E-state index contributed by atoms with van der Waals surface area (Å²) in [5, 5.41) is 3.13. The lowest BCUT2D eigenvalue weighted by molar-refractivity contribution is -0.183. The summed E-state index contributed by atoms with van der Waals surface area (Å²) in [5.74, 6) is -0.249. The Labute approximate surface area is 116 Å². The predicted molar refractivity (Wildman–Crippen MR) is 69.1 cm³/mol. The zero-order valence-electron chi connectivity index (χ0n) is 11.5. The molecule has 1 N–H and O–H groups in total. The first-order valence-electron chi connectivity index (χ1n) is 6.48. The average molecular weight is 289 g/mol.